The fourth-order valence-electron chi connectivity index (χ4n) is 0.918. The maximum Gasteiger partial charge on any atom is 0.339 e. The third kappa shape index (κ3) is 5.00. The Labute approximate surface area is 75.9 Å². The highest BCUT2D eigenvalue weighted by atomic mass is 31.2. The van der Waals surface area contributed by atoms with E-state index < -0.39 is 19.2 Å². The quantitative estimate of drug-likeness (QED) is 0.355. The number of hydrogen-bond acceptors (Lipinski definition) is 3. The first-order valence-corrected chi connectivity index (χ1v) is 5.56. The molecule has 0 bridgehead atoms. The van der Waals surface area contributed by atoms with Crippen LogP contribution >= 0.6 is 7.60 Å². The highest BCUT2D eigenvalue weighted by molar-refractivity contribution is 7.53. The first kappa shape index (κ1) is 12.6. The Balaban J connectivity index is 4.13. The SMILES string of the molecule is NCCCCC(C(=O)O)P(=O)(O)O. The number of carbonyl (C=O) groups is 1. The minimum absolute atomic E-state index is 0.0309. The van der Waals surface area contributed by atoms with E-state index in [-0.39, 0.29) is 6.42 Å². The molecule has 0 fully saturated rings. The van der Waals surface area contributed by atoms with Gasteiger partial charge in [-0.2, -0.15) is 0 Å². The van der Waals surface area contributed by atoms with Gasteiger partial charge in [0.1, 0.15) is 0 Å². The molecule has 78 valence electrons. The molecule has 0 radical (unpaired) electrons. The lowest BCUT2D eigenvalue weighted by molar-refractivity contribution is -0.137. The summed E-state index contributed by atoms with van der Waals surface area (Å²) in [5.74, 6) is -1.45. The molecule has 1 atom stereocenters. The van der Waals surface area contributed by atoms with E-state index in [1.165, 1.54) is 0 Å². The summed E-state index contributed by atoms with van der Waals surface area (Å²) >= 11 is 0. The standard InChI is InChI=1S/C6H14NO5P/c7-4-2-1-3-5(6(8)9)13(10,11)12/h5H,1-4,7H2,(H,8,9)(H2,10,11,12). The van der Waals surface area contributed by atoms with E-state index in [0.29, 0.717) is 19.4 Å². The molecule has 5 N–H and O–H groups in total. The second-order valence-electron chi connectivity index (χ2n) is 2.73. The van der Waals surface area contributed by atoms with Gasteiger partial charge in [-0.05, 0) is 19.4 Å². The molecule has 0 aliphatic carbocycles. The third-order valence-corrected chi connectivity index (χ3v) is 2.91. The lowest BCUT2D eigenvalue weighted by Crippen LogP contribution is -2.20. The van der Waals surface area contributed by atoms with Crippen LogP contribution in [0.4, 0.5) is 0 Å². The molecule has 0 aliphatic heterocycles. The molecule has 0 saturated carbocycles. The van der Waals surface area contributed by atoms with Crippen molar-refractivity contribution in [2.24, 2.45) is 5.73 Å². The number of unbranched alkanes of at least 4 members (excludes halogenated alkanes) is 1. The molecule has 0 aromatic heterocycles. The smallest absolute Gasteiger partial charge is 0.339 e. The van der Waals surface area contributed by atoms with Crippen LogP contribution in [0.25, 0.3) is 0 Å². The van der Waals surface area contributed by atoms with Crippen LogP contribution in [0.5, 0.6) is 0 Å². The Morgan fingerprint density at radius 3 is 2.23 bits per heavy atom. The van der Waals surface area contributed by atoms with E-state index in [9.17, 15) is 9.36 Å². The molecular weight excluding hydrogens is 197 g/mol. The van der Waals surface area contributed by atoms with Crippen molar-refractivity contribution in [3.63, 3.8) is 0 Å². The summed E-state index contributed by atoms with van der Waals surface area (Å²) in [4.78, 5) is 27.7. The lowest BCUT2D eigenvalue weighted by atomic mass is 10.2. The van der Waals surface area contributed by atoms with Crippen LogP contribution in [-0.2, 0) is 9.36 Å². The maximum atomic E-state index is 10.6. The number of carboxylic acids is 1. The summed E-state index contributed by atoms with van der Waals surface area (Å²) in [6.07, 6.45) is 0.958. The fourth-order valence-corrected chi connectivity index (χ4v) is 1.72. The van der Waals surface area contributed by atoms with Gasteiger partial charge in [0.05, 0.1) is 0 Å². The number of nitrogens with two attached hydrogens (primary N) is 1. The molecule has 0 amide bonds. The van der Waals surface area contributed by atoms with Gasteiger partial charge in [0.2, 0.25) is 0 Å². The van der Waals surface area contributed by atoms with Crippen molar-refractivity contribution < 1.29 is 24.3 Å². The summed E-state index contributed by atoms with van der Waals surface area (Å²) in [7, 11) is -4.51. The van der Waals surface area contributed by atoms with Gasteiger partial charge in [-0.1, -0.05) is 6.42 Å². The normalized spacial score (nSPS) is 14.1. The highest BCUT2D eigenvalue weighted by Gasteiger charge is 2.34. The zero-order chi connectivity index (χ0) is 10.5. The van der Waals surface area contributed by atoms with Crippen LogP contribution in [0.1, 0.15) is 19.3 Å². The minimum atomic E-state index is -4.51. The van der Waals surface area contributed by atoms with Crippen molar-refractivity contribution in [3.8, 4) is 0 Å². The van der Waals surface area contributed by atoms with Gasteiger partial charge in [0.15, 0.2) is 5.66 Å². The second-order valence-corrected chi connectivity index (χ2v) is 4.53. The largest absolute Gasteiger partial charge is 0.481 e. The highest BCUT2D eigenvalue weighted by Crippen LogP contribution is 2.43. The van der Waals surface area contributed by atoms with Crippen molar-refractivity contribution in [3.05, 3.63) is 0 Å². The molecule has 0 rings (SSSR count). The summed E-state index contributed by atoms with van der Waals surface area (Å²) < 4.78 is 10.6. The van der Waals surface area contributed by atoms with Crippen molar-refractivity contribution >= 4 is 13.6 Å². The zero-order valence-corrected chi connectivity index (χ0v) is 7.98. The van der Waals surface area contributed by atoms with E-state index in [1.54, 1.807) is 0 Å². The molecule has 6 nitrogen and oxygen atoms in total. The van der Waals surface area contributed by atoms with Gasteiger partial charge < -0.3 is 20.6 Å². The van der Waals surface area contributed by atoms with Crippen LogP contribution < -0.4 is 5.73 Å². The van der Waals surface area contributed by atoms with E-state index in [4.69, 9.17) is 20.6 Å². The second kappa shape index (κ2) is 5.34. The van der Waals surface area contributed by atoms with Gasteiger partial charge in [-0.25, -0.2) is 0 Å². The number of rotatable bonds is 6. The lowest BCUT2D eigenvalue weighted by Gasteiger charge is -2.12. The Bertz CT molecular complexity index is 213. The predicted octanol–water partition coefficient (Wildman–Crippen LogP) is -0.254. The first-order valence-electron chi connectivity index (χ1n) is 3.87. The average molecular weight is 211 g/mol. The molecule has 1 unspecified atom stereocenters. The average Bonchev–Trinajstić information content (AvgIpc) is 1.94. The van der Waals surface area contributed by atoms with Crippen LogP contribution in [0.15, 0.2) is 0 Å². The number of aliphatic carboxylic acids is 1. The van der Waals surface area contributed by atoms with Crippen molar-refractivity contribution in [1.82, 2.24) is 0 Å². The van der Waals surface area contributed by atoms with Crippen LogP contribution in [0.3, 0.4) is 0 Å². The van der Waals surface area contributed by atoms with Gasteiger partial charge in [0.25, 0.3) is 0 Å². The van der Waals surface area contributed by atoms with E-state index >= 15 is 0 Å². The molecule has 0 aliphatic rings. The minimum Gasteiger partial charge on any atom is -0.481 e. The predicted molar refractivity (Wildman–Crippen MR) is 46.4 cm³/mol. The van der Waals surface area contributed by atoms with E-state index in [0.717, 1.165) is 0 Å². The van der Waals surface area contributed by atoms with Crippen molar-refractivity contribution in [2.45, 2.75) is 24.9 Å². The van der Waals surface area contributed by atoms with E-state index in [1.807, 2.05) is 0 Å². The first-order chi connectivity index (χ1) is 5.89. The molecule has 7 heteroatoms. The Morgan fingerprint density at radius 2 is 1.92 bits per heavy atom. The summed E-state index contributed by atoms with van der Waals surface area (Å²) in [6.45, 7) is 0.396. The molecular formula is C6H14NO5P. The van der Waals surface area contributed by atoms with Crippen molar-refractivity contribution in [1.29, 1.82) is 0 Å². The van der Waals surface area contributed by atoms with Gasteiger partial charge in [-0.15, -0.1) is 0 Å². The molecule has 0 aromatic carbocycles. The van der Waals surface area contributed by atoms with Crippen LogP contribution in [0.2, 0.25) is 0 Å². The topological polar surface area (TPSA) is 121 Å². The summed E-state index contributed by atoms with van der Waals surface area (Å²) in [5, 5.41) is 8.48. The van der Waals surface area contributed by atoms with Crippen LogP contribution in [0, 0.1) is 0 Å². The number of carboxylic acid groups (broad SMARTS) is 1. The monoisotopic (exact) mass is 211 g/mol. The Hall–Kier alpha value is -0.420. The number of hydrogen-bond donors (Lipinski definition) is 4. The maximum absolute atomic E-state index is 10.6. The molecule has 0 spiro atoms. The van der Waals surface area contributed by atoms with Gasteiger partial charge >= 0.3 is 13.6 Å². The molecule has 0 heterocycles. The Kier molecular flexibility index (Phi) is 5.17. The summed E-state index contributed by atoms with van der Waals surface area (Å²) in [6, 6.07) is 0. The third-order valence-electron chi connectivity index (χ3n) is 1.62. The van der Waals surface area contributed by atoms with Gasteiger partial charge in [-0.3, -0.25) is 9.36 Å². The summed E-state index contributed by atoms with van der Waals surface area (Å²) in [5.41, 5.74) is 3.57. The zero-order valence-electron chi connectivity index (χ0n) is 7.09. The fraction of sp³-hybridized carbons (Fsp3) is 0.833. The van der Waals surface area contributed by atoms with E-state index in [2.05, 4.69) is 0 Å². The van der Waals surface area contributed by atoms with Crippen molar-refractivity contribution in [2.75, 3.05) is 6.54 Å². The molecule has 0 aromatic rings. The van der Waals surface area contributed by atoms with Gasteiger partial charge in [0, 0.05) is 0 Å². The Morgan fingerprint density at radius 1 is 1.38 bits per heavy atom. The molecule has 13 heavy (non-hydrogen) atoms. The van der Waals surface area contributed by atoms with Crippen LogP contribution in [-0.4, -0.2) is 33.1 Å². The molecule has 0 saturated heterocycles.